The summed E-state index contributed by atoms with van der Waals surface area (Å²) in [5.74, 6) is 0.160. The van der Waals surface area contributed by atoms with Gasteiger partial charge in [-0.25, -0.2) is 0 Å². The van der Waals surface area contributed by atoms with Crippen molar-refractivity contribution in [2.45, 2.75) is 38.5 Å². The smallest absolute Gasteiger partial charge is 0.220 e. The van der Waals surface area contributed by atoms with E-state index in [1.165, 1.54) is 16.3 Å². The summed E-state index contributed by atoms with van der Waals surface area (Å²) in [4.78, 5) is 11.8. The lowest BCUT2D eigenvalue weighted by atomic mass is 10.0. The molecular weight excluding hydrogens is 308 g/mol. The first-order valence-corrected chi connectivity index (χ1v) is 8.24. The van der Waals surface area contributed by atoms with Gasteiger partial charge in [0.05, 0.1) is 0 Å². The van der Waals surface area contributed by atoms with Crippen molar-refractivity contribution in [3.05, 3.63) is 48.0 Å². The molecule has 0 aromatic heterocycles. The second-order valence-corrected chi connectivity index (χ2v) is 5.69. The molecule has 0 atom stereocenters. The van der Waals surface area contributed by atoms with Crippen LogP contribution in [0.3, 0.4) is 0 Å². The molecule has 0 spiro atoms. The summed E-state index contributed by atoms with van der Waals surface area (Å²) in [5.41, 5.74) is 6.74. The maximum Gasteiger partial charge on any atom is 0.220 e. The minimum Gasteiger partial charge on any atom is -0.356 e. The van der Waals surface area contributed by atoms with Crippen molar-refractivity contribution in [3.63, 3.8) is 0 Å². The number of unbranched alkanes of at least 4 members (excludes halogenated alkanes) is 3. The molecule has 0 saturated carbocycles. The predicted molar refractivity (Wildman–Crippen MR) is 100 cm³/mol. The molecule has 126 valence electrons. The molecule has 2 aromatic rings. The molecule has 0 aliphatic heterocycles. The van der Waals surface area contributed by atoms with E-state index in [1.807, 2.05) is 0 Å². The molecule has 2 aromatic carbocycles. The first-order chi connectivity index (χ1) is 10.8. The third kappa shape index (κ3) is 6.59. The Morgan fingerprint density at radius 1 is 0.957 bits per heavy atom. The summed E-state index contributed by atoms with van der Waals surface area (Å²) in [5, 5.41) is 5.56. The van der Waals surface area contributed by atoms with Crippen molar-refractivity contribution in [3.8, 4) is 0 Å². The predicted octanol–water partition coefficient (Wildman–Crippen LogP) is 3.83. The van der Waals surface area contributed by atoms with E-state index in [2.05, 4.69) is 47.8 Å². The lowest BCUT2D eigenvalue weighted by Crippen LogP contribution is -2.25. The molecule has 23 heavy (non-hydrogen) atoms. The SMILES string of the molecule is Cl.NCCCCCCC(=O)NCCc1cccc2ccccc12. The molecule has 4 heteroatoms. The van der Waals surface area contributed by atoms with Crippen LogP contribution in [0.5, 0.6) is 0 Å². The zero-order chi connectivity index (χ0) is 15.6. The number of halogens is 1. The highest BCUT2D eigenvalue weighted by Crippen LogP contribution is 2.18. The second-order valence-electron chi connectivity index (χ2n) is 5.69. The van der Waals surface area contributed by atoms with E-state index < -0.39 is 0 Å². The number of hydrogen-bond acceptors (Lipinski definition) is 2. The molecular formula is C19H27ClN2O. The molecule has 0 heterocycles. The lowest BCUT2D eigenvalue weighted by Gasteiger charge is -2.08. The van der Waals surface area contributed by atoms with Gasteiger partial charge in [0.25, 0.3) is 0 Å². The minimum absolute atomic E-state index is 0. The zero-order valence-electron chi connectivity index (χ0n) is 13.6. The quantitative estimate of drug-likeness (QED) is 0.685. The fourth-order valence-electron chi connectivity index (χ4n) is 2.72. The van der Waals surface area contributed by atoms with Gasteiger partial charge >= 0.3 is 0 Å². The molecule has 0 aliphatic carbocycles. The summed E-state index contributed by atoms with van der Waals surface area (Å²) in [7, 11) is 0. The van der Waals surface area contributed by atoms with Crippen molar-refractivity contribution >= 4 is 29.1 Å². The first-order valence-electron chi connectivity index (χ1n) is 8.24. The van der Waals surface area contributed by atoms with Crippen LogP contribution in [0.15, 0.2) is 42.5 Å². The maximum atomic E-state index is 11.8. The van der Waals surface area contributed by atoms with Crippen LogP contribution in [-0.2, 0) is 11.2 Å². The largest absolute Gasteiger partial charge is 0.356 e. The molecule has 0 aliphatic rings. The van der Waals surface area contributed by atoms with Gasteiger partial charge in [0, 0.05) is 13.0 Å². The van der Waals surface area contributed by atoms with Gasteiger partial charge in [-0.2, -0.15) is 0 Å². The number of fused-ring (bicyclic) bond motifs is 1. The number of nitrogens with one attached hydrogen (secondary N) is 1. The van der Waals surface area contributed by atoms with Crippen molar-refractivity contribution in [2.24, 2.45) is 5.73 Å². The van der Waals surface area contributed by atoms with E-state index in [9.17, 15) is 4.79 Å². The van der Waals surface area contributed by atoms with Gasteiger partial charge in [-0.3, -0.25) is 4.79 Å². The summed E-state index contributed by atoms with van der Waals surface area (Å²) < 4.78 is 0. The molecule has 0 saturated heterocycles. The van der Waals surface area contributed by atoms with E-state index in [1.54, 1.807) is 0 Å². The molecule has 0 radical (unpaired) electrons. The molecule has 3 nitrogen and oxygen atoms in total. The van der Waals surface area contributed by atoms with Gasteiger partial charge in [0.1, 0.15) is 0 Å². The Labute approximate surface area is 145 Å². The standard InChI is InChI=1S/C19H26N2O.ClH/c20-14-6-2-1-3-12-19(22)21-15-13-17-10-7-9-16-8-4-5-11-18(16)17;/h4-5,7-11H,1-3,6,12-15,20H2,(H,21,22);1H. The van der Waals surface area contributed by atoms with Crippen LogP contribution < -0.4 is 11.1 Å². The van der Waals surface area contributed by atoms with Crippen LogP contribution in [0.4, 0.5) is 0 Å². The Hall–Kier alpha value is -1.58. The zero-order valence-corrected chi connectivity index (χ0v) is 14.4. The van der Waals surface area contributed by atoms with E-state index in [0.29, 0.717) is 13.0 Å². The average molecular weight is 335 g/mol. The number of carbonyl (C=O) groups is 1. The van der Waals surface area contributed by atoms with Crippen LogP contribution in [0.2, 0.25) is 0 Å². The van der Waals surface area contributed by atoms with Gasteiger partial charge in [-0.1, -0.05) is 55.3 Å². The Bertz CT molecular complexity index is 595. The lowest BCUT2D eigenvalue weighted by molar-refractivity contribution is -0.121. The Balaban J connectivity index is 0.00000264. The Morgan fingerprint density at radius 2 is 1.70 bits per heavy atom. The first kappa shape index (κ1) is 19.5. The molecule has 0 bridgehead atoms. The molecule has 1 amide bonds. The van der Waals surface area contributed by atoms with Crippen LogP contribution >= 0.6 is 12.4 Å². The highest BCUT2D eigenvalue weighted by Gasteiger charge is 2.03. The van der Waals surface area contributed by atoms with E-state index in [-0.39, 0.29) is 18.3 Å². The highest BCUT2D eigenvalue weighted by atomic mass is 35.5. The van der Waals surface area contributed by atoms with Gasteiger partial charge in [-0.15, -0.1) is 12.4 Å². The monoisotopic (exact) mass is 334 g/mol. The number of rotatable bonds is 9. The van der Waals surface area contributed by atoms with Crippen LogP contribution in [0, 0.1) is 0 Å². The number of nitrogens with two attached hydrogens (primary N) is 1. The van der Waals surface area contributed by atoms with Gasteiger partial charge in [-0.05, 0) is 42.1 Å². The summed E-state index contributed by atoms with van der Waals surface area (Å²) in [6, 6.07) is 14.7. The topological polar surface area (TPSA) is 55.1 Å². The van der Waals surface area contributed by atoms with Crippen molar-refractivity contribution in [1.29, 1.82) is 0 Å². The third-order valence-electron chi connectivity index (χ3n) is 3.95. The maximum absolute atomic E-state index is 11.8. The molecule has 0 unspecified atom stereocenters. The number of hydrogen-bond donors (Lipinski definition) is 2. The van der Waals surface area contributed by atoms with E-state index in [0.717, 1.165) is 38.6 Å². The summed E-state index contributed by atoms with van der Waals surface area (Å²) in [6.07, 6.45) is 5.73. The van der Waals surface area contributed by atoms with Gasteiger partial charge in [0.2, 0.25) is 5.91 Å². The number of amides is 1. The third-order valence-corrected chi connectivity index (χ3v) is 3.95. The number of benzene rings is 2. The van der Waals surface area contributed by atoms with Crippen molar-refractivity contribution < 1.29 is 4.79 Å². The number of carbonyl (C=O) groups excluding carboxylic acids is 1. The van der Waals surface area contributed by atoms with Crippen molar-refractivity contribution in [1.82, 2.24) is 5.32 Å². The van der Waals surface area contributed by atoms with Crippen LogP contribution in [-0.4, -0.2) is 19.0 Å². The molecule has 2 rings (SSSR count). The molecule has 0 fully saturated rings. The summed E-state index contributed by atoms with van der Waals surface area (Å²) >= 11 is 0. The average Bonchev–Trinajstić information content (AvgIpc) is 2.55. The fraction of sp³-hybridized carbons (Fsp3) is 0.421. The van der Waals surface area contributed by atoms with Gasteiger partial charge < -0.3 is 11.1 Å². The van der Waals surface area contributed by atoms with Crippen molar-refractivity contribution in [2.75, 3.05) is 13.1 Å². The molecule has 3 N–H and O–H groups in total. The van der Waals surface area contributed by atoms with Gasteiger partial charge in [0.15, 0.2) is 0 Å². The van der Waals surface area contributed by atoms with E-state index in [4.69, 9.17) is 5.73 Å². The Morgan fingerprint density at radius 3 is 2.52 bits per heavy atom. The second kappa shape index (κ2) is 11.0. The van der Waals surface area contributed by atoms with Crippen LogP contribution in [0.25, 0.3) is 10.8 Å². The Kier molecular flexibility index (Phi) is 9.34. The fourth-order valence-corrected chi connectivity index (χ4v) is 2.72. The van der Waals surface area contributed by atoms with E-state index >= 15 is 0 Å². The highest BCUT2D eigenvalue weighted by molar-refractivity contribution is 5.86. The normalized spacial score (nSPS) is 10.3. The summed E-state index contributed by atoms with van der Waals surface area (Å²) in [6.45, 7) is 1.45. The minimum atomic E-state index is 0. The van der Waals surface area contributed by atoms with Crippen LogP contribution in [0.1, 0.15) is 37.7 Å².